The lowest BCUT2D eigenvalue weighted by Gasteiger charge is -2.09. The summed E-state index contributed by atoms with van der Waals surface area (Å²) in [6.07, 6.45) is -2.87. The average Bonchev–Trinajstić information content (AvgIpc) is 2.15. The predicted molar refractivity (Wildman–Crippen MR) is 50.3 cm³/mol. The van der Waals surface area contributed by atoms with Crippen LogP contribution in [0.15, 0.2) is 6.07 Å². The molecule has 82 valence electrons. The fourth-order valence-corrected chi connectivity index (χ4v) is 1.26. The van der Waals surface area contributed by atoms with Crippen molar-refractivity contribution < 1.29 is 18.3 Å². The Morgan fingerprint density at radius 3 is 2.67 bits per heavy atom. The van der Waals surface area contributed by atoms with Crippen LogP contribution >= 0.6 is 11.6 Å². The third kappa shape index (κ3) is 2.33. The molecule has 0 aliphatic rings. The third-order valence-corrected chi connectivity index (χ3v) is 1.88. The number of hydrogen-bond donors (Lipinski definition) is 1. The first kappa shape index (κ1) is 11.6. The maximum atomic E-state index is 12.5. The van der Waals surface area contributed by atoms with Gasteiger partial charge in [-0.2, -0.15) is 4.98 Å². The number of carbonyl (C=O) groups excluding carboxylic acids is 1. The van der Waals surface area contributed by atoms with Crippen LogP contribution in [-0.4, -0.2) is 17.3 Å². The van der Waals surface area contributed by atoms with Crippen molar-refractivity contribution in [2.45, 2.75) is 6.43 Å². The summed E-state index contributed by atoms with van der Waals surface area (Å²) in [5.74, 6) is -0.464. The van der Waals surface area contributed by atoms with Gasteiger partial charge in [-0.05, 0) is 11.6 Å². The van der Waals surface area contributed by atoms with Gasteiger partial charge in [0, 0.05) is 11.6 Å². The lowest BCUT2D eigenvalue weighted by Crippen LogP contribution is -2.07. The molecule has 1 rings (SSSR count). The first-order valence-corrected chi connectivity index (χ1v) is 4.17. The number of aromatic nitrogens is 1. The van der Waals surface area contributed by atoms with Crippen molar-refractivity contribution >= 4 is 22.7 Å². The Labute approximate surface area is 89.0 Å². The maximum Gasteiger partial charge on any atom is 0.264 e. The normalized spacial score (nSPS) is 10.5. The van der Waals surface area contributed by atoms with E-state index in [0.717, 1.165) is 6.07 Å². The molecule has 0 saturated heterocycles. The fourth-order valence-electron chi connectivity index (χ4n) is 1.05. The molecule has 0 aromatic carbocycles. The molecule has 2 N–H and O–H groups in total. The topological polar surface area (TPSA) is 65.2 Å². The SMILES string of the molecule is COc1cc(C(F)F)c(C(=O)Cl)c(N)n1. The minimum atomic E-state index is -2.87. The molecule has 0 aliphatic heterocycles. The van der Waals surface area contributed by atoms with Crippen molar-refractivity contribution in [3.05, 3.63) is 17.2 Å². The third-order valence-electron chi connectivity index (χ3n) is 1.70. The van der Waals surface area contributed by atoms with E-state index in [1.54, 1.807) is 0 Å². The van der Waals surface area contributed by atoms with Crippen LogP contribution in [-0.2, 0) is 0 Å². The number of rotatable bonds is 3. The van der Waals surface area contributed by atoms with E-state index in [4.69, 9.17) is 17.3 Å². The highest BCUT2D eigenvalue weighted by Crippen LogP contribution is 2.30. The molecule has 0 saturated carbocycles. The van der Waals surface area contributed by atoms with Crippen molar-refractivity contribution in [1.82, 2.24) is 4.98 Å². The number of nitrogens with two attached hydrogens (primary N) is 1. The first-order chi connectivity index (χ1) is 6.97. The second kappa shape index (κ2) is 4.39. The molecule has 0 aliphatic carbocycles. The van der Waals surface area contributed by atoms with E-state index in [2.05, 4.69) is 9.72 Å². The predicted octanol–water partition coefficient (Wildman–Crippen LogP) is 1.99. The van der Waals surface area contributed by atoms with Gasteiger partial charge in [0.05, 0.1) is 12.7 Å². The second-order valence-electron chi connectivity index (χ2n) is 2.59. The molecule has 0 fully saturated rings. The Kier molecular flexibility index (Phi) is 3.41. The molecule has 1 aromatic rings. The van der Waals surface area contributed by atoms with Crippen molar-refractivity contribution in [3.63, 3.8) is 0 Å². The van der Waals surface area contributed by atoms with Crippen LogP contribution in [0.2, 0.25) is 0 Å². The standard InChI is InChI=1S/C8H7ClF2N2O2/c1-15-4-2-3(7(10)11)5(6(9)14)8(12)13-4/h2,7H,1H3,(H2,12,13). The van der Waals surface area contributed by atoms with Crippen molar-refractivity contribution in [1.29, 1.82) is 0 Å². The summed E-state index contributed by atoms with van der Waals surface area (Å²) >= 11 is 5.12. The summed E-state index contributed by atoms with van der Waals surface area (Å²) in [5.41, 5.74) is 4.24. The first-order valence-electron chi connectivity index (χ1n) is 3.79. The van der Waals surface area contributed by atoms with Gasteiger partial charge in [-0.1, -0.05) is 0 Å². The number of alkyl halides is 2. The number of anilines is 1. The summed E-state index contributed by atoms with van der Waals surface area (Å²) in [6, 6.07) is 0.927. The Bertz CT molecular complexity index is 398. The molecule has 15 heavy (non-hydrogen) atoms. The maximum absolute atomic E-state index is 12.5. The van der Waals surface area contributed by atoms with Gasteiger partial charge >= 0.3 is 0 Å². The van der Waals surface area contributed by atoms with Crippen LogP contribution in [0.4, 0.5) is 14.6 Å². The number of nitrogen functional groups attached to an aromatic ring is 1. The summed E-state index contributed by atoms with van der Waals surface area (Å²) < 4.78 is 29.7. The minimum absolute atomic E-state index is 0.0931. The monoisotopic (exact) mass is 236 g/mol. The van der Waals surface area contributed by atoms with Crippen molar-refractivity contribution in [2.24, 2.45) is 0 Å². The average molecular weight is 237 g/mol. The number of halogens is 3. The summed E-state index contributed by atoms with van der Waals surface area (Å²) in [5, 5.41) is -1.07. The van der Waals surface area contributed by atoms with Gasteiger partial charge in [0.2, 0.25) is 5.88 Å². The van der Waals surface area contributed by atoms with Crippen LogP contribution in [0.3, 0.4) is 0 Å². The van der Waals surface area contributed by atoms with Crippen molar-refractivity contribution in [3.8, 4) is 5.88 Å². The zero-order valence-electron chi connectivity index (χ0n) is 7.63. The van der Waals surface area contributed by atoms with Gasteiger partial charge < -0.3 is 10.5 Å². The molecule has 0 spiro atoms. The molecule has 0 unspecified atom stereocenters. The van der Waals surface area contributed by atoms with E-state index >= 15 is 0 Å². The van der Waals surface area contributed by atoms with Gasteiger partial charge in [0.1, 0.15) is 5.82 Å². The molecule has 0 radical (unpaired) electrons. The van der Waals surface area contributed by atoms with Crippen LogP contribution in [0, 0.1) is 0 Å². The zero-order valence-corrected chi connectivity index (χ0v) is 8.39. The van der Waals surface area contributed by atoms with Crippen LogP contribution < -0.4 is 10.5 Å². The number of methoxy groups -OCH3 is 1. The Hall–Kier alpha value is -1.43. The highest BCUT2D eigenvalue weighted by Gasteiger charge is 2.22. The Morgan fingerprint density at radius 1 is 1.67 bits per heavy atom. The van der Waals surface area contributed by atoms with Gasteiger partial charge in [-0.3, -0.25) is 4.79 Å². The van der Waals surface area contributed by atoms with E-state index in [1.165, 1.54) is 7.11 Å². The number of carbonyl (C=O) groups is 1. The molecule has 0 amide bonds. The summed E-state index contributed by atoms with van der Waals surface area (Å²) in [7, 11) is 1.25. The van der Waals surface area contributed by atoms with Gasteiger partial charge in [0.15, 0.2) is 0 Å². The molecule has 0 bridgehead atoms. The Balaban J connectivity index is 3.42. The molecule has 1 heterocycles. The van der Waals surface area contributed by atoms with E-state index in [9.17, 15) is 13.6 Å². The quantitative estimate of drug-likeness (QED) is 0.815. The molecular weight excluding hydrogens is 230 g/mol. The Morgan fingerprint density at radius 2 is 2.27 bits per heavy atom. The second-order valence-corrected chi connectivity index (χ2v) is 2.93. The largest absolute Gasteiger partial charge is 0.481 e. The highest BCUT2D eigenvalue weighted by molar-refractivity contribution is 6.68. The van der Waals surface area contributed by atoms with E-state index in [1.807, 2.05) is 0 Å². The summed E-state index contributed by atoms with van der Waals surface area (Å²) in [4.78, 5) is 14.4. The van der Waals surface area contributed by atoms with Crippen LogP contribution in [0.25, 0.3) is 0 Å². The lowest BCUT2D eigenvalue weighted by atomic mass is 10.1. The molecule has 0 atom stereocenters. The fraction of sp³-hybridized carbons (Fsp3) is 0.250. The lowest BCUT2D eigenvalue weighted by molar-refractivity contribution is 0.106. The van der Waals surface area contributed by atoms with Crippen molar-refractivity contribution in [2.75, 3.05) is 12.8 Å². The highest BCUT2D eigenvalue weighted by atomic mass is 35.5. The smallest absolute Gasteiger partial charge is 0.264 e. The van der Waals surface area contributed by atoms with Gasteiger partial charge in [-0.15, -0.1) is 0 Å². The molecule has 1 aromatic heterocycles. The van der Waals surface area contributed by atoms with Gasteiger partial charge in [-0.25, -0.2) is 8.78 Å². The number of hydrogen-bond acceptors (Lipinski definition) is 4. The summed E-state index contributed by atoms with van der Waals surface area (Å²) in [6.45, 7) is 0. The van der Waals surface area contributed by atoms with E-state index in [0.29, 0.717) is 0 Å². The van der Waals surface area contributed by atoms with Gasteiger partial charge in [0.25, 0.3) is 11.7 Å². The molecular formula is C8H7ClF2N2O2. The van der Waals surface area contributed by atoms with Crippen LogP contribution in [0.1, 0.15) is 22.3 Å². The van der Waals surface area contributed by atoms with E-state index < -0.39 is 22.8 Å². The molecule has 4 nitrogen and oxygen atoms in total. The molecule has 7 heteroatoms. The van der Waals surface area contributed by atoms with Crippen LogP contribution in [0.5, 0.6) is 5.88 Å². The number of pyridine rings is 1. The number of nitrogens with zero attached hydrogens (tertiary/aromatic N) is 1. The minimum Gasteiger partial charge on any atom is -0.481 e. The van der Waals surface area contributed by atoms with E-state index in [-0.39, 0.29) is 11.7 Å². The zero-order chi connectivity index (χ0) is 11.6. The number of ether oxygens (including phenoxy) is 1.